The molecule has 1 aromatic heterocycles. The molecule has 2 aromatic rings. The summed E-state index contributed by atoms with van der Waals surface area (Å²) in [6.45, 7) is 6.52. The van der Waals surface area contributed by atoms with Crippen LogP contribution in [0.25, 0.3) is 0 Å². The molecule has 1 aliphatic heterocycles. The maximum atomic E-state index is 13.0. The molecule has 0 unspecified atom stereocenters. The Morgan fingerprint density at radius 3 is 2.50 bits per heavy atom. The summed E-state index contributed by atoms with van der Waals surface area (Å²) in [5, 5.41) is 2.96. The molecule has 0 saturated heterocycles. The van der Waals surface area contributed by atoms with Gasteiger partial charge in [0.25, 0.3) is 11.8 Å². The number of anilines is 1. The van der Waals surface area contributed by atoms with E-state index >= 15 is 0 Å². The summed E-state index contributed by atoms with van der Waals surface area (Å²) in [6.07, 6.45) is 2.75. The van der Waals surface area contributed by atoms with Crippen LogP contribution < -0.4 is 10.2 Å². The van der Waals surface area contributed by atoms with Crippen molar-refractivity contribution < 1.29 is 9.59 Å². The fourth-order valence-corrected chi connectivity index (χ4v) is 3.21. The number of hydrogen-bond donors (Lipinski definition) is 1. The Morgan fingerprint density at radius 1 is 1.15 bits per heavy atom. The lowest BCUT2D eigenvalue weighted by atomic mass is 10.1. The average Bonchev–Trinajstić information content (AvgIpc) is 2.99. The molecule has 0 bridgehead atoms. The van der Waals surface area contributed by atoms with Crippen molar-refractivity contribution in [2.45, 2.75) is 52.1 Å². The van der Waals surface area contributed by atoms with Crippen molar-refractivity contribution in [3.8, 4) is 0 Å². The molecule has 1 N–H and O–H groups in total. The van der Waals surface area contributed by atoms with Crippen LogP contribution in [0, 0.1) is 0 Å². The molecule has 6 nitrogen and oxygen atoms in total. The van der Waals surface area contributed by atoms with Crippen molar-refractivity contribution in [2.75, 3.05) is 11.9 Å². The van der Waals surface area contributed by atoms with Gasteiger partial charge in [-0.15, -0.1) is 0 Å². The van der Waals surface area contributed by atoms with Gasteiger partial charge in [0.2, 0.25) is 5.82 Å². The van der Waals surface area contributed by atoms with Gasteiger partial charge in [-0.25, -0.2) is 4.98 Å². The zero-order chi connectivity index (χ0) is 18.9. The summed E-state index contributed by atoms with van der Waals surface area (Å²) in [5.74, 6) is -0.0798. The van der Waals surface area contributed by atoms with E-state index in [-0.39, 0.29) is 17.4 Å². The van der Waals surface area contributed by atoms with E-state index in [1.165, 1.54) is 0 Å². The number of benzene rings is 1. The SMILES string of the molecule is CN(C(=O)c1nc(C(=O)NC(C)(C)C)c2n1CCCC2)c1ccccc1. The van der Waals surface area contributed by atoms with Crippen LogP contribution in [0.5, 0.6) is 0 Å². The van der Waals surface area contributed by atoms with Crippen LogP contribution in [0.2, 0.25) is 0 Å². The standard InChI is InChI=1S/C20H26N4O2/c1-20(2,3)22-18(25)16-15-12-8-9-13-24(15)17(21-16)19(26)23(4)14-10-6-5-7-11-14/h5-7,10-11H,8-9,12-13H2,1-4H3,(H,22,25). The minimum atomic E-state index is -0.354. The normalized spacial score (nSPS) is 13.8. The molecule has 6 heteroatoms. The predicted molar refractivity (Wildman–Crippen MR) is 102 cm³/mol. The molecular formula is C20H26N4O2. The molecule has 138 valence electrons. The van der Waals surface area contributed by atoms with Crippen molar-refractivity contribution in [3.05, 3.63) is 47.5 Å². The van der Waals surface area contributed by atoms with E-state index in [4.69, 9.17) is 0 Å². The highest BCUT2D eigenvalue weighted by molar-refractivity contribution is 6.05. The molecule has 0 saturated carbocycles. The smallest absolute Gasteiger partial charge is 0.294 e. The molecular weight excluding hydrogens is 328 g/mol. The third-order valence-electron chi connectivity index (χ3n) is 4.46. The van der Waals surface area contributed by atoms with Crippen LogP contribution in [0.3, 0.4) is 0 Å². The molecule has 3 rings (SSSR count). The predicted octanol–water partition coefficient (Wildman–Crippen LogP) is 3.02. The van der Waals surface area contributed by atoms with Gasteiger partial charge in [0, 0.05) is 24.8 Å². The molecule has 0 fully saturated rings. The van der Waals surface area contributed by atoms with E-state index in [0.717, 1.165) is 37.2 Å². The van der Waals surface area contributed by atoms with Crippen LogP contribution in [0.15, 0.2) is 30.3 Å². The summed E-state index contributed by atoms with van der Waals surface area (Å²) in [4.78, 5) is 31.8. The van der Waals surface area contributed by atoms with E-state index in [9.17, 15) is 9.59 Å². The van der Waals surface area contributed by atoms with E-state index < -0.39 is 0 Å². The third kappa shape index (κ3) is 3.64. The minimum Gasteiger partial charge on any atom is -0.346 e. The van der Waals surface area contributed by atoms with Crippen molar-refractivity contribution >= 4 is 17.5 Å². The number of aromatic nitrogens is 2. The van der Waals surface area contributed by atoms with Gasteiger partial charge in [0.05, 0.1) is 5.69 Å². The van der Waals surface area contributed by atoms with Crippen LogP contribution in [-0.4, -0.2) is 34.0 Å². The average molecular weight is 354 g/mol. The van der Waals surface area contributed by atoms with Crippen molar-refractivity contribution in [3.63, 3.8) is 0 Å². The van der Waals surface area contributed by atoms with E-state index in [2.05, 4.69) is 10.3 Å². The van der Waals surface area contributed by atoms with Gasteiger partial charge in [-0.05, 0) is 52.2 Å². The number of nitrogens with one attached hydrogen (secondary N) is 1. The fraction of sp³-hybridized carbons (Fsp3) is 0.450. The number of para-hydroxylation sites is 1. The lowest BCUT2D eigenvalue weighted by Gasteiger charge is -2.21. The Kier molecular flexibility index (Phi) is 4.85. The van der Waals surface area contributed by atoms with E-state index in [0.29, 0.717) is 11.5 Å². The van der Waals surface area contributed by atoms with Gasteiger partial charge in [-0.1, -0.05) is 18.2 Å². The lowest BCUT2D eigenvalue weighted by Crippen LogP contribution is -2.41. The van der Waals surface area contributed by atoms with Crippen LogP contribution >= 0.6 is 0 Å². The highest BCUT2D eigenvalue weighted by atomic mass is 16.2. The number of amides is 2. The van der Waals surface area contributed by atoms with Gasteiger partial charge >= 0.3 is 0 Å². The van der Waals surface area contributed by atoms with E-state index in [1.807, 2.05) is 55.7 Å². The maximum absolute atomic E-state index is 13.0. The second-order valence-electron chi connectivity index (χ2n) is 7.74. The van der Waals surface area contributed by atoms with Gasteiger partial charge in [-0.2, -0.15) is 0 Å². The van der Waals surface area contributed by atoms with Gasteiger partial charge in [0.1, 0.15) is 5.69 Å². The third-order valence-corrected chi connectivity index (χ3v) is 4.46. The Labute approximate surface area is 154 Å². The first-order valence-electron chi connectivity index (χ1n) is 9.03. The molecule has 1 aliphatic rings. The Balaban J connectivity index is 1.97. The Hall–Kier alpha value is -2.63. The fourth-order valence-electron chi connectivity index (χ4n) is 3.21. The monoisotopic (exact) mass is 354 g/mol. The zero-order valence-electron chi connectivity index (χ0n) is 15.9. The van der Waals surface area contributed by atoms with E-state index in [1.54, 1.807) is 11.9 Å². The maximum Gasteiger partial charge on any atom is 0.294 e. The molecule has 2 heterocycles. The number of carbonyl (C=O) groups excluding carboxylic acids is 2. The molecule has 1 aromatic carbocycles. The van der Waals surface area contributed by atoms with Gasteiger partial charge in [-0.3, -0.25) is 9.59 Å². The molecule has 0 radical (unpaired) electrons. The quantitative estimate of drug-likeness (QED) is 0.921. The molecule has 26 heavy (non-hydrogen) atoms. The first-order valence-corrected chi connectivity index (χ1v) is 9.03. The second-order valence-corrected chi connectivity index (χ2v) is 7.74. The Bertz CT molecular complexity index is 818. The van der Waals surface area contributed by atoms with Crippen LogP contribution in [-0.2, 0) is 13.0 Å². The number of rotatable bonds is 3. The number of hydrogen-bond acceptors (Lipinski definition) is 3. The molecule has 0 aliphatic carbocycles. The summed E-state index contributed by atoms with van der Waals surface area (Å²) < 4.78 is 1.92. The van der Waals surface area contributed by atoms with Gasteiger partial charge < -0.3 is 14.8 Å². The molecule has 2 amide bonds. The number of nitrogens with zero attached hydrogens (tertiary/aromatic N) is 3. The van der Waals surface area contributed by atoms with Crippen molar-refractivity contribution in [1.29, 1.82) is 0 Å². The van der Waals surface area contributed by atoms with Crippen LogP contribution in [0.4, 0.5) is 5.69 Å². The zero-order valence-corrected chi connectivity index (χ0v) is 15.9. The van der Waals surface area contributed by atoms with Crippen LogP contribution in [0.1, 0.15) is 60.4 Å². The first kappa shape index (κ1) is 18.2. The van der Waals surface area contributed by atoms with Crippen molar-refractivity contribution in [2.24, 2.45) is 0 Å². The van der Waals surface area contributed by atoms with Crippen molar-refractivity contribution in [1.82, 2.24) is 14.9 Å². The number of imidazole rings is 1. The number of carbonyl (C=O) groups is 2. The first-order chi connectivity index (χ1) is 12.3. The minimum absolute atomic E-state index is 0.200. The molecule has 0 spiro atoms. The summed E-state index contributed by atoms with van der Waals surface area (Å²) in [6, 6.07) is 9.45. The Morgan fingerprint density at radius 2 is 1.85 bits per heavy atom. The lowest BCUT2D eigenvalue weighted by molar-refractivity contribution is 0.0913. The highest BCUT2D eigenvalue weighted by Gasteiger charge is 2.30. The highest BCUT2D eigenvalue weighted by Crippen LogP contribution is 2.23. The van der Waals surface area contributed by atoms with Gasteiger partial charge in [0.15, 0.2) is 0 Å². The summed E-state index contributed by atoms with van der Waals surface area (Å²) >= 11 is 0. The largest absolute Gasteiger partial charge is 0.346 e. The second kappa shape index (κ2) is 6.94. The summed E-state index contributed by atoms with van der Waals surface area (Å²) in [7, 11) is 1.73. The summed E-state index contributed by atoms with van der Waals surface area (Å²) in [5.41, 5.74) is 1.69. The molecule has 0 atom stereocenters. The topological polar surface area (TPSA) is 67.2 Å². The number of fused-ring (bicyclic) bond motifs is 1.